The summed E-state index contributed by atoms with van der Waals surface area (Å²) in [5, 5.41) is 0. The first kappa shape index (κ1) is 13.2. The zero-order valence-corrected chi connectivity index (χ0v) is 10.5. The first-order chi connectivity index (χ1) is 8.72. The molecule has 1 aliphatic rings. The van der Waals surface area contributed by atoms with Crippen LogP contribution in [-0.4, -0.2) is 26.0 Å². The molecule has 19 heavy (non-hydrogen) atoms. The molecular formula is C11H10FN3O3S. The summed E-state index contributed by atoms with van der Waals surface area (Å²) in [6.45, 7) is 3.56. The molecule has 4 N–H and O–H groups in total. The van der Waals surface area contributed by atoms with Gasteiger partial charge in [0.05, 0.1) is 16.2 Å². The number of guanidine groups is 1. The molecule has 0 aromatic heterocycles. The maximum atomic E-state index is 13.8. The van der Waals surface area contributed by atoms with E-state index in [4.69, 9.17) is 11.5 Å². The van der Waals surface area contributed by atoms with Crippen molar-refractivity contribution in [1.29, 1.82) is 0 Å². The Morgan fingerprint density at radius 3 is 2.58 bits per heavy atom. The second-order valence-electron chi connectivity index (χ2n) is 4.03. The number of hydrogen-bond donors (Lipinski definition) is 2. The minimum Gasteiger partial charge on any atom is -0.370 e. The molecule has 1 aromatic rings. The Kier molecular flexibility index (Phi) is 2.90. The van der Waals surface area contributed by atoms with Gasteiger partial charge in [-0.1, -0.05) is 6.58 Å². The van der Waals surface area contributed by atoms with Gasteiger partial charge in [-0.25, -0.2) is 12.8 Å². The highest BCUT2D eigenvalue weighted by molar-refractivity contribution is 7.92. The SMILES string of the molecule is C=C1CS(=O)(=O)c2cc(C(=O)N=C(N)N)c(F)cc21. The molecular weight excluding hydrogens is 273 g/mol. The van der Waals surface area contributed by atoms with Crippen LogP contribution in [0.25, 0.3) is 5.57 Å². The molecule has 1 aliphatic heterocycles. The largest absolute Gasteiger partial charge is 0.370 e. The number of halogens is 1. The lowest BCUT2D eigenvalue weighted by molar-refractivity contribution is 0.0998. The highest BCUT2D eigenvalue weighted by Crippen LogP contribution is 2.34. The summed E-state index contributed by atoms with van der Waals surface area (Å²) in [6.07, 6.45) is 0. The van der Waals surface area contributed by atoms with Crippen LogP contribution in [0.4, 0.5) is 4.39 Å². The smallest absolute Gasteiger partial charge is 0.283 e. The molecule has 6 nitrogen and oxygen atoms in total. The quantitative estimate of drug-likeness (QED) is 0.429. The lowest BCUT2D eigenvalue weighted by Crippen LogP contribution is -2.24. The molecule has 0 saturated heterocycles. The number of fused-ring (bicyclic) bond motifs is 1. The molecule has 0 spiro atoms. The highest BCUT2D eigenvalue weighted by atomic mass is 32.2. The number of rotatable bonds is 1. The predicted octanol–water partition coefficient (Wildman–Crippen LogP) is 0.0398. The van der Waals surface area contributed by atoms with Gasteiger partial charge in [0, 0.05) is 0 Å². The summed E-state index contributed by atoms with van der Waals surface area (Å²) >= 11 is 0. The van der Waals surface area contributed by atoms with Crippen molar-refractivity contribution in [2.45, 2.75) is 4.90 Å². The Bertz CT molecular complexity index is 734. The van der Waals surface area contributed by atoms with E-state index >= 15 is 0 Å². The van der Waals surface area contributed by atoms with Gasteiger partial charge in [0.1, 0.15) is 5.82 Å². The van der Waals surface area contributed by atoms with Gasteiger partial charge in [-0.05, 0) is 23.3 Å². The maximum absolute atomic E-state index is 13.8. The molecule has 1 amide bonds. The summed E-state index contributed by atoms with van der Waals surface area (Å²) in [7, 11) is -3.59. The fourth-order valence-electron chi connectivity index (χ4n) is 1.81. The number of sulfone groups is 1. The van der Waals surface area contributed by atoms with Gasteiger partial charge in [0.25, 0.3) is 5.91 Å². The van der Waals surface area contributed by atoms with Crippen molar-refractivity contribution in [1.82, 2.24) is 0 Å². The number of nitrogens with two attached hydrogens (primary N) is 2. The van der Waals surface area contributed by atoms with Gasteiger partial charge in [0.2, 0.25) is 0 Å². The molecule has 0 bridgehead atoms. The van der Waals surface area contributed by atoms with E-state index in [1.165, 1.54) is 0 Å². The number of nitrogens with zero attached hydrogens (tertiary/aromatic N) is 1. The number of aliphatic imine (C=N–C) groups is 1. The van der Waals surface area contributed by atoms with Gasteiger partial charge in [-0.2, -0.15) is 4.99 Å². The van der Waals surface area contributed by atoms with Crippen LogP contribution in [0.5, 0.6) is 0 Å². The minimum absolute atomic E-state index is 0.131. The summed E-state index contributed by atoms with van der Waals surface area (Å²) in [5.41, 5.74) is 10.0. The summed E-state index contributed by atoms with van der Waals surface area (Å²) < 4.78 is 37.3. The van der Waals surface area contributed by atoms with Crippen LogP contribution < -0.4 is 11.5 Å². The number of benzene rings is 1. The zero-order valence-electron chi connectivity index (χ0n) is 9.68. The Morgan fingerprint density at radius 1 is 1.37 bits per heavy atom. The van der Waals surface area contributed by atoms with E-state index in [9.17, 15) is 17.6 Å². The third-order valence-corrected chi connectivity index (χ3v) is 4.35. The van der Waals surface area contributed by atoms with Gasteiger partial charge in [0.15, 0.2) is 15.8 Å². The molecule has 8 heteroatoms. The molecule has 0 fully saturated rings. The van der Waals surface area contributed by atoms with Crippen molar-refractivity contribution >= 4 is 27.3 Å². The Labute approximate surface area is 108 Å². The van der Waals surface area contributed by atoms with E-state index in [0.717, 1.165) is 12.1 Å². The lowest BCUT2D eigenvalue weighted by Gasteiger charge is -2.03. The van der Waals surface area contributed by atoms with Crippen molar-refractivity contribution in [2.24, 2.45) is 16.5 Å². The van der Waals surface area contributed by atoms with Crippen LogP contribution >= 0.6 is 0 Å². The zero-order chi connectivity index (χ0) is 14.4. The second kappa shape index (κ2) is 4.16. The summed E-state index contributed by atoms with van der Waals surface area (Å²) in [4.78, 5) is 14.6. The molecule has 0 radical (unpaired) electrons. The minimum atomic E-state index is -3.59. The third kappa shape index (κ3) is 2.22. The van der Waals surface area contributed by atoms with E-state index in [1.807, 2.05) is 0 Å². The summed E-state index contributed by atoms with van der Waals surface area (Å²) in [5.74, 6) is -2.75. The molecule has 1 aromatic carbocycles. The first-order valence-electron chi connectivity index (χ1n) is 5.11. The maximum Gasteiger partial charge on any atom is 0.283 e. The topological polar surface area (TPSA) is 116 Å². The fraction of sp³-hybridized carbons (Fsp3) is 0.0909. The molecule has 0 saturated carbocycles. The number of hydrogen-bond acceptors (Lipinski definition) is 3. The van der Waals surface area contributed by atoms with Gasteiger partial charge < -0.3 is 11.5 Å². The van der Waals surface area contributed by atoms with Crippen LogP contribution in [0.2, 0.25) is 0 Å². The Hall–Kier alpha value is -2.22. The van der Waals surface area contributed by atoms with E-state index < -0.39 is 33.1 Å². The molecule has 0 unspecified atom stereocenters. The van der Waals surface area contributed by atoms with Crippen molar-refractivity contribution in [3.05, 3.63) is 35.7 Å². The predicted molar refractivity (Wildman–Crippen MR) is 67.6 cm³/mol. The first-order valence-corrected chi connectivity index (χ1v) is 6.76. The average molecular weight is 283 g/mol. The summed E-state index contributed by atoms with van der Waals surface area (Å²) in [6, 6.07) is 1.89. The monoisotopic (exact) mass is 283 g/mol. The van der Waals surface area contributed by atoms with Crippen molar-refractivity contribution in [3.63, 3.8) is 0 Å². The molecule has 2 rings (SSSR count). The number of carbonyl (C=O) groups excluding carboxylic acids is 1. The van der Waals surface area contributed by atoms with Crippen LogP contribution in [-0.2, 0) is 9.84 Å². The molecule has 0 atom stereocenters. The fourth-order valence-corrected chi connectivity index (χ4v) is 3.42. The van der Waals surface area contributed by atoms with Crippen molar-refractivity contribution in [2.75, 3.05) is 5.75 Å². The average Bonchev–Trinajstić information content (AvgIpc) is 2.47. The number of amides is 1. The van der Waals surface area contributed by atoms with Gasteiger partial charge in [-0.15, -0.1) is 0 Å². The lowest BCUT2D eigenvalue weighted by atomic mass is 10.1. The second-order valence-corrected chi connectivity index (χ2v) is 5.99. The standard InChI is InChI=1S/C11H10FN3O3S/c1-5-4-19(17,18)9-3-7(8(12)2-6(5)9)10(16)15-11(13)14/h2-3H,1,4H2,(H4,13,14,15,16). The van der Waals surface area contributed by atoms with Crippen LogP contribution in [0.3, 0.4) is 0 Å². The molecule has 1 heterocycles. The van der Waals surface area contributed by atoms with Crippen LogP contribution in [0.15, 0.2) is 28.6 Å². The normalized spacial score (nSPS) is 15.9. The van der Waals surface area contributed by atoms with Crippen molar-refractivity contribution in [3.8, 4) is 0 Å². The van der Waals surface area contributed by atoms with E-state index in [2.05, 4.69) is 11.6 Å². The van der Waals surface area contributed by atoms with Gasteiger partial charge >= 0.3 is 0 Å². The molecule has 0 aliphatic carbocycles. The van der Waals surface area contributed by atoms with Crippen LogP contribution in [0.1, 0.15) is 15.9 Å². The number of carbonyl (C=O) groups is 1. The van der Waals surface area contributed by atoms with E-state index in [1.54, 1.807) is 0 Å². The Balaban J connectivity index is 2.66. The molecule has 100 valence electrons. The van der Waals surface area contributed by atoms with Crippen molar-refractivity contribution < 1.29 is 17.6 Å². The Morgan fingerprint density at radius 2 is 2.00 bits per heavy atom. The van der Waals surface area contributed by atoms with E-state index in [0.29, 0.717) is 0 Å². The van der Waals surface area contributed by atoms with Crippen LogP contribution in [0, 0.1) is 5.82 Å². The van der Waals surface area contributed by atoms with Gasteiger partial charge in [-0.3, -0.25) is 4.79 Å². The third-order valence-electron chi connectivity index (χ3n) is 2.61. The van der Waals surface area contributed by atoms with E-state index in [-0.39, 0.29) is 21.8 Å². The highest BCUT2D eigenvalue weighted by Gasteiger charge is 2.31.